The topological polar surface area (TPSA) is 84.2 Å². The lowest BCUT2D eigenvalue weighted by atomic mass is 10.2. The Morgan fingerprint density at radius 3 is 3.09 bits per heavy atom. The fourth-order valence-corrected chi connectivity index (χ4v) is 2.80. The van der Waals surface area contributed by atoms with Crippen LogP contribution in [0.2, 0.25) is 0 Å². The number of carbonyl (C=O) groups is 1. The Labute approximate surface area is 137 Å². The third kappa shape index (κ3) is 3.73. The van der Waals surface area contributed by atoms with Gasteiger partial charge >= 0.3 is 0 Å². The molecule has 2 heterocycles. The van der Waals surface area contributed by atoms with Gasteiger partial charge in [-0.2, -0.15) is 5.26 Å². The van der Waals surface area contributed by atoms with Gasteiger partial charge in [0.25, 0.3) is 0 Å². The molecule has 0 saturated carbocycles. The number of benzene rings is 1. The number of rotatable bonds is 5. The lowest BCUT2D eigenvalue weighted by Crippen LogP contribution is -2.24. The summed E-state index contributed by atoms with van der Waals surface area (Å²) in [4.78, 5) is 16.0. The predicted octanol–water partition coefficient (Wildman–Crippen LogP) is 2.09. The number of hydrogen-bond donors (Lipinski definition) is 1. The molecule has 0 bridgehead atoms. The van der Waals surface area contributed by atoms with Gasteiger partial charge in [0.15, 0.2) is 11.5 Å². The Balaban J connectivity index is 1.51. The highest BCUT2D eigenvalue weighted by Gasteiger charge is 2.13. The minimum atomic E-state index is -0.123. The van der Waals surface area contributed by atoms with Crippen LogP contribution in [0.1, 0.15) is 11.1 Å². The van der Waals surface area contributed by atoms with Gasteiger partial charge in [0.1, 0.15) is 11.1 Å². The molecular formula is C16H13N3O3S. The molecule has 7 heteroatoms. The molecule has 116 valence electrons. The van der Waals surface area contributed by atoms with E-state index in [2.05, 4.69) is 16.4 Å². The average molecular weight is 327 g/mol. The minimum absolute atomic E-state index is 0.123. The van der Waals surface area contributed by atoms with Gasteiger partial charge in [-0.25, -0.2) is 4.98 Å². The standard InChI is InChI=1S/C16H13N3O3S/c17-7-12-2-1-5-18-16(12)23-9-15(20)19-8-11-3-4-13-14(6-11)22-10-21-13/h1-6H,8-10H2,(H,19,20). The first-order valence-corrected chi connectivity index (χ1v) is 7.88. The maximum atomic E-state index is 11.9. The highest BCUT2D eigenvalue weighted by molar-refractivity contribution is 7.99. The number of fused-ring (bicyclic) bond motifs is 1. The van der Waals surface area contributed by atoms with Crippen molar-refractivity contribution < 1.29 is 14.3 Å². The van der Waals surface area contributed by atoms with Crippen LogP contribution in [-0.2, 0) is 11.3 Å². The molecule has 3 rings (SSSR count). The molecule has 0 saturated heterocycles. The first kappa shape index (κ1) is 15.2. The summed E-state index contributed by atoms with van der Waals surface area (Å²) in [5.74, 6) is 1.49. The smallest absolute Gasteiger partial charge is 0.231 e. The van der Waals surface area contributed by atoms with E-state index >= 15 is 0 Å². The molecule has 1 aromatic carbocycles. The summed E-state index contributed by atoms with van der Waals surface area (Å²) in [5.41, 5.74) is 1.41. The van der Waals surface area contributed by atoms with Crippen LogP contribution in [0, 0.1) is 11.3 Å². The molecule has 1 aliphatic rings. The summed E-state index contributed by atoms with van der Waals surface area (Å²) < 4.78 is 10.5. The first-order chi connectivity index (χ1) is 11.3. The number of pyridine rings is 1. The molecule has 1 aromatic heterocycles. The van der Waals surface area contributed by atoms with Crippen molar-refractivity contribution in [3.63, 3.8) is 0 Å². The molecule has 0 aliphatic carbocycles. The summed E-state index contributed by atoms with van der Waals surface area (Å²) in [7, 11) is 0. The lowest BCUT2D eigenvalue weighted by Gasteiger charge is -2.06. The number of hydrogen-bond acceptors (Lipinski definition) is 6. The Morgan fingerprint density at radius 1 is 1.35 bits per heavy atom. The van der Waals surface area contributed by atoms with E-state index in [1.165, 1.54) is 11.8 Å². The number of ether oxygens (including phenoxy) is 2. The van der Waals surface area contributed by atoms with E-state index in [0.29, 0.717) is 22.9 Å². The molecule has 6 nitrogen and oxygen atoms in total. The van der Waals surface area contributed by atoms with Crippen LogP contribution in [0.4, 0.5) is 0 Å². The quantitative estimate of drug-likeness (QED) is 0.847. The largest absolute Gasteiger partial charge is 0.454 e. The van der Waals surface area contributed by atoms with E-state index in [0.717, 1.165) is 11.3 Å². The molecular weight excluding hydrogens is 314 g/mol. The highest BCUT2D eigenvalue weighted by Crippen LogP contribution is 2.32. The Bertz CT molecular complexity index is 773. The molecule has 1 N–H and O–H groups in total. The van der Waals surface area contributed by atoms with Crippen LogP contribution < -0.4 is 14.8 Å². The lowest BCUT2D eigenvalue weighted by molar-refractivity contribution is -0.118. The Hall–Kier alpha value is -2.72. The van der Waals surface area contributed by atoms with Gasteiger partial charge in [0.05, 0.1) is 11.3 Å². The van der Waals surface area contributed by atoms with E-state index in [1.807, 2.05) is 18.2 Å². The van der Waals surface area contributed by atoms with Crippen LogP contribution in [0.5, 0.6) is 11.5 Å². The van der Waals surface area contributed by atoms with Gasteiger partial charge in [-0.05, 0) is 29.8 Å². The van der Waals surface area contributed by atoms with Gasteiger partial charge < -0.3 is 14.8 Å². The minimum Gasteiger partial charge on any atom is -0.454 e. The molecule has 0 unspecified atom stereocenters. The van der Waals surface area contributed by atoms with Crippen LogP contribution in [0.3, 0.4) is 0 Å². The zero-order chi connectivity index (χ0) is 16.1. The van der Waals surface area contributed by atoms with Crippen molar-refractivity contribution >= 4 is 17.7 Å². The Kier molecular flexibility index (Phi) is 4.64. The van der Waals surface area contributed by atoms with Gasteiger partial charge in [-0.1, -0.05) is 17.8 Å². The summed E-state index contributed by atoms with van der Waals surface area (Å²) in [6.07, 6.45) is 1.60. The van der Waals surface area contributed by atoms with Crippen molar-refractivity contribution in [2.24, 2.45) is 0 Å². The summed E-state index contributed by atoms with van der Waals surface area (Å²) in [6.45, 7) is 0.635. The van der Waals surface area contributed by atoms with Crippen molar-refractivity contribution in [2.45, 2.75) is 11.6 Å². The fourth-order valence-electron chi connectivity index (χ4n) is 2.03. The van der Waals surface area contributed by atoms with Crippen molar-refractivity contribution in [1.82, 2.24) is 10.3 Å². The second-order valence-electron chi connectivity index (χ2n) is 4.72. The van der Waals surface area contributed by atoms with Crippen molar-refractivity contribution in [1.29, 1.82) is 5.26 Å². The van der Waals surface area contributed by atoms with Crippen molar-refractivity contribution in [3.05, 3.63) is 47.7 Å². The Morgan fingerprint density at radius 2 is 2.22 bits per heavy atom. The normalized spacial score (nSPS) is 11.8. The van der Waals surface area contributed by atoms with E-state index < -0.39 is 0 Å². The van der Waals surface area contributed by atoms with Crippen LogP contribution in [0.25, 0.3) is 0 Å². The summed E-state index contributed by atoms with van der Waals surface area (Å²) in [5, 5.41) is 12.4. The fraction of sp³-hybridized carbons (Fsp3) is 0.188. The number of nitrogens with zero attached hydrogens (tertiary/aromatic N) is 2. The van der Waals surface area contributed by atoms with Crippen LogP contribution >= 0.6 is 11.8 Å². The summed E-state index contributed by atoms with van der Waals surface area (Å²) in [6, 6.07) is 11.0. The SMILES string of the molecule is N#Cc1cccnc1SCC(=O)NCc1ccc2c(c1)OCO2. The third-order valence-corrected chi connectivity index (χ3v) is 4.16. The van der Waals surface area contributed by atoms with Gasteiger partial charge in [0.2, 0.25) is 12.7 Å². The molecule has 1 aliphatic heterocycles. The number of aromatic nitrogens is 1. The van der Waals surface area contributed by atoms with Gasteiger partial charge in [0, 0.05) is 12.7 Å². The van der Waals surface area contributed by atoms with Crippen LogP contribution in [0.15, 0.2) is 41.6 Å². The van der Waals surface area contributed by atoms with Gasteiger partial charge in [-0.3, -0.25) is 4.79 Å². The van der Waals surface area contributed by atoms with E-state index in [4.69, 9.17) is 14.7 Å². The summed E-state index contributed by atoms with van der Waals surface area (Å²) >= 11 is 1.24. The molecule has 0 spiro atoms. The zero-order valence-corrected chi connectivity index (χ0v) is 12.9. The second kappa shape index (κ2) is 7.03. The number of nitriles is 1. The van der Waals surface area contributed by atoms with Crippen molar-refractivity contribution in [3.8, 4) is 17.6 Å². The number of nitrogens with one attached hydrogen (secondary N) is 1. The highest BCUT2D eigenvalue weighted by atomic mass is 32.2. The van der Waals surface area contributed by atoms with E-state index in [9.17, 15) is 4.79 Å². The first-order valence-electron chi connectivity index (χ1n) is 6.89. The average Bonchev–Trinajstić information content (AvgIpc) is 3.06. The monoisotopic (exact) mass is 327 g/mol. The number of thioether (sulfide) groups is 1. The van der Waals surface area contributed by atoms with Crippen LogP contribution in [-0.4, -0.2) is 23.4 Å². The number of amides is 1. The molecule has 0 radical (unpaired) electrons. The number of carbonyl (C=O) groups excluding carboxylic acids is 1. The maximum Gasteiger partial charge on any atom is 0.231 e. The predicted molar refractivity (Wildman–Crippen MR) is 84.1 cm³/mol. The zero-order valence-electron chi connectivity index (χ0n) is 12.1. The molecule has 0 atom stereocenters. The van der Waals surface area contributed by atoms with Gasteiger partial charge in [-0.15, -0.1) is 0 Å². The molecule has 1 amide bonds. The van der Waals surface area contributed by atoms with E-state index in [-0.39, 0.29) is 18.5 Å². The molecule has 2 aromatic rings. The van der Waals surface area contributed by atoms with Crippen molar-refractivity contribution in [2.75, 3.05) is 12.5 Å². The molecule has 23 heavy (non-hydrogen) atoms. The second-order valence-corrected chi connectivity index (χ2v) is 5.68. The van der Waals surface area contributed by atoms with E-state index in [1.54, 1.807) is 18.3 Å². The molecule has 0 fully saturated rings. The maximum absolute atomic E-state index is 11.9. The third-order valence-electron chi connectivity index (χ3n) is 3.16.